The summed E-state index contributed by atoms with van der Waals surface area (Å²) in [6.45, 7) is 5.56. The summed E-state index contributed by atoms with van der Waals surface area (Å²) in [5, 5.41) is 0.752. The van der Waals surface area contributed by atoms with E-state index in [4.69, 9.17) is 9.47 Å². The van der Waals surface area contributed by atoms with Gasteiger partial charge in [0.05, 0.1) is 24.2 Å². The van der Waals surface area contributed by atoms with Crippen LogP contribution in [0.25, 0.3) is 6.08 Å². The van der Waals surface area contributed by atoms with Gasteiger partial charge in [-0.2, -0.15) is 4.99 Å². The molecule has 0 radical (unpaired) electrons. The number of nitrogens with zero attached hydrogens (tertiary/aromatic N) is 2. The van der Waals surface area contributed by atoms with Crippen molar-refractivity contribution in [3.63, 3.8) is 0 Å². The van der Waals surface area contributed by atoms with Crippen molar-refractivity contribution in [2.75, 3.05) is 20.2 Å². The van der Waals surface area contributed by atoms with Crippen LogP contribution in [-0.4, -0.2) is 48.4 Å². The van der Waals surface area contributed by atoms with Crippen molar-refractivity contribution >= 4 is 44.8 Å². The first-order chi connectivity index (χ1) is 11.5. The van der Waals surface area contributed by atoms with Gasteiger partial charge in [-0.15, -0.1) is 0 Å². The Morgan fingerprint density at radius 1 is 1.38 bits per heavy atom. The van der Waals surface area contributed by atoms with Crippen LogP contribution < -0.4 is 4.74 Å². The van der Waals surface area contributed by atoms with Gasteiger partial charge in [0, 0.05) is 23.1 Å². The smallest absolute Gasteiger partial charge is 0.286 e. The van der Waals surface area contributed by atoms with Gasteiger partial charge in [0.1, 0.15) is 5.75 Å². The Hall–Kier alpha value is -1.31. The van der Waals surface area contributed by atoms with E-state index in [0.29, 0.717) is 4.91 Å². The first-order valence-corrected chi connectivity index (χ1v) is 9.33. The van der Waals surface area contributed by atoms with Crippen LogP contribution in [0.15, 0.2) is 32.6 Å². The Labute approximate surface area is 154 Å². The van der Waals surface area contributed by atoms with Gasteiger partial charge in [0.25, 0.3) is 5.91 Å². The lowest BCUT2D eigenvalue weighted by molar-refractivity contribution is -0.113. The maximum atomic E-state index is 12.3. The second-order valence-corrected chi connectivity index (χ2v) is 7.78. The average Bonchev–Trinajstić information content (AvgIpc) is 2.88. The second kappa shape index (κ2) is 7.29. The minimum absolute atomic E-state index is 0.130. The molecule has 5 nitrogen and oxygen atoms in total. The molecule has 1 aromatic carbocycles. The predicted octanol–water partition coefficient (Wildman–Crippen LogP) is 3.54. The van der Waals surface area contributed by atoms with Crippen molar-refractivity contribution in [3.8, 4) is 5.75 Å². The Morgan fingerprint density at radius 3 is 2.75 bits per heavy atom. The van der Waals surface area contributed by atoms with Crippen molar-refractivity contribution in [1.29, 1.82) is 0 Å². The lowest BCUT2D eigenvalue weighted by Crippen LogP contribution is -2.47. The third-order valence-electron chi connectivity index (χ3n) is 3.78. The van der Waals surface area contributed by atoms with E-state index in [0.717, 1.165) is 34.0 Å². The van der Waals surface area contributed by atoms with E-state index in [2.05, 4.69) is 25.8 Å². The van der Waals surface area contributed by atoms with Crippen molar-refractivity contribution in [2.24, 2.45) is 4.99 Å². The summed E-state index contributed by atoms with van der Waals surface area (Å²) in [5.41, 5.74) is 0.850. The third-order valence-corrected chi connectivity index (χ3v) is 5.32. The van der Waals surface area contributed by atoms with E-state index in [1.54, 1.807) is 7.11 Å². The first-order valence-electron chi connectivity index (χ1n) is 7.72. The molecule has 2 aliphatic heterocycles. The molecular weight excluding hydrogens is 392 g/mol. The Bertz CT molecular complexity index is 710. The van der Waals surface area contributed by atoms with Gasteiger partial charge in [0.2, 0.25) is 0 Å². The van der Waals surface area contributed by atoms with Gasteiger partial charge in [-0.05, 0) is 49.9 Å². The standard InChI is InChI=1S/C17H19BrN2O3S/c1-10-8-20(9-11(2)23-10)17-19-16(21)15(24-17)7-12-6-13(18)4-5-14(12)22-3/h4-7,10-11H,8-9H2,1-3H3/b15-7+/t10-,11-/m1/s1. The molecule has 2 aliphatic rings. The van der Waals surface area contributed by atoms with E-state index >= 15 is 0 Å². The van der Waals surface area contributed by atoms with E-state index in [-0.39, 0.29) is 18.1 Å². The van der Waals surface area contributed by atoms with Crippen LogP contribution in [0.4, 0.5) is 0 Å². The number of hydrogen-bond donors (Lipinski definition) is 0. The number of ether oxygens (including phenoxy) is 2. The largest absolute Gasteiger partial charge is 0.496 e. The topological polar surface area (TPSA) is 51.1 Å². The van der Waals surface area contributed by atoms with Gasteiger partial charge in [-0.25, -0.2) is 0 Å². The Kier molecular flexibility index (Phi) is 5.32. The third kappa shape index (κ3) is 3.84. The molecule has 2 atom stereocenters. The molecule has 0 unspecified atom stereocenters. The number of hydrogen-bond acceptors (Lipinski definition) is 5. The van der Waals surface area contributed by atoms with Crippen molar-refractivity contribution < 1.29 is 14.3 Å². The molecule has 24 heavy (non-hydrogen) atoms. The van der Waals surface area contributed by atoms with Gasteiger partial charge in [0.15, 0.2) is 5.17 Å². The minimum Gasteiger partial charge on any atom is -0.496 e. The van der Waals surface area contributed by atoms with Crippen LogP contribution >= 0.6 is 27.7 Å². The van der Waals surface area contributed by atoms with Crippen molar-refractivity contribution in [2.45, 2.75) is 26.1 Å². The van der Waals surface area contributed by atoms with Crippen LogP contribution in [0.1, 0.15) is 19.4 Å². The molecule has 0 aromatic heterocycles. The highest BCUT2D eigenvalue weighted by atomic mass is 79.9. The lowest BCUT2D eigenvalue weighted by Gasteiger charge is -2.35. The Balaban J connectivity index is 1.81. The van der Waals surface area contributed by atoms with Crippen LogP contribution in [0, 0.1) is 0 Å². The minimum atomic E-state index is -0.205. The number of methoxy groups -OCH3 is 1. The molecule has 3 rings (SSSR count). The Morgan fingerprint density at radius 2 is 2.08 bits per heavy atom. The molecule has 0 spiro atoms. The molecule has 1 amide bonds. The zero-order valence-corrected chi connectivity index (χ0v) is 16.2. The number of benzene rings is 1. The number of rotatable bonds is 2. The number of amides is 1. The quantitative estimate of drug-likeness (QED) is 0.697. The number of aliphatic imine (C=N–C) groups is 1. The maximum absolute atomic E-state index is 12.3. The zero-order chi connectivity index (χ0) is 17.3. The molecule has 0 aliphatic carbocycles. The highest BCUT2D eigenvalue weighted by Crippen LogP contribution is 2.34. The summed E-state index contributed by atoms with van der Waals surface area (Å²) in [6.07, 6.45) is 2.09. The maximum Gasteiger partial charge on any atom is 0.286 e. The summed E-state index contributed by atoms with van der Waals surface area (Å²) in [4.78, 5) is 19.2. The van der Waals surface area contributed by atoms with Gasteiger partial charge < -0.3 is 14.4 Å². The molecule has 1 aromatic rings. The predicted molar refractivity (Wildman–Crippen MR) is 100 cm³/mol. The van der Waals surface area contributed by atoms with Gasteiger partial charge in [-0.1, -0.05) is 15.9 Å². The number of morpholine rings is 1. The van der Waals surface area contributed by atoms with E-state index in [1.165, 1.54) is 11.8 Å². The van der Waals surface area contributed by atoms with Crippen molar-refractivity contribution in [3.05, 3.63) is 33.1 Å². The molecular formula is C17H19BrN2O3S. The summed E-state index contributed by atoms with van der Waals surface area (Å²) < 4.78 is 12.0. The first kappa shape index (κ1) is 17.5. The SMILES string of the molecule is COc1ccc(Br)cc1/C=C1/SC(N2C[C@@H](C)O[C@H](C)C2)=NC1=O. The summed E-state index contributed by atoms with van der Waals surface area (Å²) in [5.74, 6) is 0.519. The second-order valence-electron chi connectivity index (χ2n) is 5.86. The summed E-state index contributed by atoms with van der Waals surface area (Å²) >= 11 is 4.86. The van der Waals surface area contributed by atoms with Crippen LogP contribution in [0.5, 0.6) is 5.75 Å². The lowest BCUT2D eigenvalue weighted by atomic mass is 10.2. The monoisotopic (exact) mass is 410 g/mol. The number of amidine groups is 1. The number of halogens is 1. The number of thioether (sulfide) groups is 1. The summed E-state index contributed by atoms with van der Waals surface area (Å²) in [6, 6.07) is 5.70. The van der Waals surface area contributed by atoms with Crippen LogP contribution in [0.3, 0.4) is 0 Å². The van der Waals surface area contributed by atoms with Crippen LogP contribution in [-0.2, 0) is 9.53 Å². The van der Waals surface area contributed by atoms with Crippen LogP contribution in [0.2, 0.25) is 0 Å². The fraction of sp³-hybridized carbons (Fsp3) is 0.412. The fourth-order valence-corrected chi connectivity index (χ4v) is 4.13. The van der Waals surface area contributed by atoms with Gasteiger partial charge in [-0.3, -0.25) is 4.79 Å². The normalized spacial score (nSPS) is 26.0. The van der Waals surface area contributed by atoms with E-state index in [9.17, 15) is 4.79 Å². The van der Waals surface area contributed by atoms with Gasteiger partial charge >= 0.3 is 0 Å². The molecule has 128 valence electrons. The number of carbonyl (C=O) groups is 1. The van der Waals surface area contributed by atoms with Crippen molar-refractivity contribution in [1.82, 2.24) is 4.90 Å². The fourth-order valence-electron chi connectivity index (χ4n) is 2.83. The molecule has 0 N–H and O–H groups in total. The molecule has 0 saturated carbocycles. The van der Waals surface area contributed by atoms with E-state index in [1.807, 2.05) is 38.1 Å². The summed E-state index contributed by atoms with van der Waals surface area (Å²) in [7, 11) is 1.62. The zero-order valence-electron chi connectivity index (χ0n) is 13.8. The van der Waals surface area contributed by atoms with E-state index < -0.39 is 0 Å². The average molecular weight is 411 g/mol. The number of carbonyl (C=O) groups excluding carboxylic acids is 1. The molecule has 0 bridgehead atoms. The molecule has 1 saturated heterocycles. The highest BCUT2D eigenvalue weighted by Gasteiger charge is 2.31. The molecule has 1 fully saturated rings. The molecule has 7 heteroatoms. The molecule has 2 heterocycles. The highest BCUT2D eigenvalue weighted by molar-refractivity contribution is 9.10.